The molecule has 1 unspecified atom stereocenters. The molecule has 2 aliphatic rings. The lowest BCUT2D eigenvalue weighted by molar-refractivity contribution is -0.00988. The molecule has 102 valence electrons. The molecule has 6 nitrogen and oxygen atoms in total. The van der Waals surface area contributed by atoms with Gasteiger partial charge in [-0.25, -0.2) is 4.79 Å². The first-order chi connectivity index (χ1) is 9.16. The summed E-state index contributed by atoms with van der Waals surface area (Å²) < 4.78 is 10.5. The first-order valence-electron chi connectivity index (χ1n) is 6.38. The normalized spacial score (nSPS) is 23.4. The van der Waals surface area contributed by atoms with Crippen molar-refractivity contribution >= 4 is 11.9 Å². The van der Waals surface area contributed by atoms with Crippen LogP contribution in [0.4, 0.5) is 0 Å². The van der Waals surface area contributed by atoms with Crippen molar-refractivity contribution in [1.82, 2.24) is 4.90 Å². The molecular formula is C13H15NO5. The van der Waals surface area contributed by atoms with E-state index in [4.69, 9.17) is 14.3 Å². The van der Waals surface area contributed by atoms with Crippen LogP contribution < -0.4 is 0 Å². The van der Waals surface area contributed by atoms with E-state index in [0.29, 0.717) is 25.7 Å². The third-order valence-corrected chi connectivity index (χ3v) is 3.62. The van der Waals surface area contributed by atoms with Gasteiger partial charge in [-0.15, -0.1) is 0 Å². The van der Waals surface area contributed by atoms with Crippen molar-refractivity contribution in [3.8, 4) is 0 Å². The summed E-state index contributed by atoms with van der Waals surface area (Å²) in [6, 6.07) is 2.83. The molecule has 1 saturated carbocycles. The Balaban J connectivity index is 1.78. The molecule has 1 aromatic heterocycles. The molecule has 6 heteroatoms. The summed E-state index contributed by atoms with van der Waals surface area (Å²) in [5.41, 5.74) is 0. The summed E-state index contributed by atoms with van der Waals surface area (Å²) in [6.45, 7) is 1.60. The average molecular weight is 265 g/mol. The van der Waals surface area contributed by atoms with Gasteiger partial charge in [0.05, 0.1) is 19.3 Å². The Morgan fingerprint density at radius 2 is 2.00 bits per heavy atom. The molecule has 2 fully saturated rings. The van der Waals surface area contributed by atoms with E-state index in [1.165, 1.54) is 12.1 Å². The van der Waals surface area contributed by atoms with Crippen LogP contribution in [-0.4, -0.2) is 47.7 Å². The van der Waals surface area contributed by atoms with Crippen LogP contribution in [0, 0.1) is 5.92 Å². The highest BCUT2D eigenvalue weighted by molar-refractivity contribution is 5.93. The molecule has 0 spiro atoms. The molecule has 1 aliphatic carbocycles. The lowest BCUT2D eigenvalue weighted by Gasteiger charge is -2.35. The molecule has 0 bridgehead atoms. The summed E-state index contributed by atoms with van der Waals surface area (Å²) in [5.74, 6) is -1.02. The van der Waals surface area contributed by atoms with Crippen LogP contribution >= 0.6 is 0 Å². The Hall–Kier alpha value is -1.82. The van der Waals surface area contributed by atoms with Crippen LogP contribution in [0.3, 0.4) is 0 Å². The minimum Gasteiger partial charge on any atom is -0.475 e. The Labute approximate surface area is 109 Å². The maximum Gasteiger partial charge on any atom is 0.371 e. The topological polar surface area (TPSA) is 80.0 Å². The molecule has 1 aliphatic heterocycles. The van der Waals surface area contributed by atoms with Gasteiger partial charge in [-0.05, 0) is 30.9 Å². The number of amides is 1. The second-order valence-electron chi connectivity index (χ2n) is 4.95. The highest BCUT2D eigenvalue weighted by Gasteiger charge is 2.40. The molecule has 19 heavy (non-hydrogen) atoms. The third-order valence-electron chi connectivity index (χ3n) is 3.62. The molecule has 2 heterocycles. The van der Waals surface area contributed by atoms with Gasteiger partial charge >= 0.3 is 5.97 Å². The van der Waals surface area contributed by atoms with Crippen LogP contribution in [-0.2, 0) is 4.74 Å². The van der Waals surface area contributed by atoms with Gasteiger partial charge in [-0.2, -0.15) is 0 Å². The Morgan fingerprint density at radius 1 is 1.26 bits per heavy atom. The zero-order valence-corrected chi connectivity index (χ0v) is 10.4. The number of carboxylic acids is 1. The van der Waals surface area contributed by atoms with Gasteiger partial charge in [-0.1, -0.05) is 0 Å². The molecular weight excluding hydrogens is 250 g/mol. The van der Waals surface area contributed by atoms with Crippen molar-refractivity contribution in [2.75, 3.05) is 19.8 Å². The van der Waals surface area contributed by atoms with Crippen molar-refractivity contribution < 1.29 is 23.8 Å². The van der Waals surface area contributed by atoms with Crippen molar-refractivity contribution in [3.05, 3.63) is 23.7 Å². The number of morpholine rings is 1. The van der Waals surface area contributed by atoms with Gasteiger partial charge in [0.1, 0.15) is 0 Å². The maximum absolute atomic E-state index is 12.4. The monoisotopic (exact) mass is 265 g/mol. The van der Waals surface area contributed by atoms with Gasteiger partial charge in [0, 0.05) is 6.54 Å². The van der Waals surface area contributed by atoms with Crippen molar-refractivity contribution in [2.24, 2.45) is 5.92 Å². The molecule has 0 aromatic carbocycles. The van der Waals surface area contributed by atoms with Gasteiger partial charge in [0.2, 0.25) is 5.76 Å². The smallest absolute Gasteiger partial charge is 0.371 e. The first-order valence-corrected chi connectivity index (χ1v) is 6.38. The lowest BCUT2D eigenvalue weighted by Crippen LogP contribution is -2.49. The molecule has 1 N–H and O–H groups in total. The van der Waals surface area contributed by atoms with Crippen molar-refractivity contribution in [1.29, 1.82) is 0 Å². The van der Waals surface area contributed by atoms with Crippen LogP contribution in [0.25, 0.3) is 0 Å². The number of furan rings is 1. The summed E-state index contributed by atoms with van der Waals surface area (Å²) in [6.07, 6.45) is 2.24. The van der Waals surface area contributed by atoms with Crippen LogP contribution in [0.15, 0.2) is 16.5 Å². The highest BCUT2D eigenvalue weighted by atomic mass is 16.5. The summed E-state index contributed by atoms with van der Waals surface area (Å²) in [7, 11) is 0. The van der Waals surface area contributed by atoms with E-state index in [1.807, 2.05) is 0 Å². The van der Waals surface area contributed by atoms with E-state index >= 15 is 0 Å². The minimum atomic E-state index is -1.17. The fourth-order valence-corrected chi connectivity index (χ4v) is 2.46. The number of ether oxygens (including phenoxy) is 1. The van der Waals surface area contributed by atoms with E-state index in [-0.39, 0.29) is 23.5 Å². The predicted octanol–water partition coefficient (Wildman–Crippen LogP) is 1.23. The van der Waals surface area contributed by atoms with Crippen molar-refractivity contribution in [2.45, 2.75) is 18.9 Å². The Bertz CT molecular complexity index is 505. The fourth-order valence-electron chi connectivity index (χ4n) is 2.46. The largest absolute Gasteiger partial charge is 0.475 e. The molecule has 1 atom stereocenters. The average Bonchev–Trinajstić information content (AvgIpc) is 3.14. The SMILES string of the molecule is O=C(O)c1ccc(C(=O)N2CCOCC2C2CC2)o1. The molecule has 0 radical (unpaired) electrons. The number of aromatic carboxylic acids is 1. The number of nitrogens with zero attached hydrogens (tertiary/aromatic N) is 1. The number of carboxylic acid groups (broad SMARTS) is 1. The summed E-state index contributed by atoms with van der Waals surface area (Å²) in [5, 5.41) is 8.80. The zero-order chi connectivity index (χ0) is 13.4. The van der Waals surface area contributed by atoms with Gasteiger partial charge in [-0.3, -0.25) is 4.79 Å². The van der Waals surface area contributed by atoms with Gasteiger partial charge < -0.3 is 19.2 Å². The van der Waals surface area contributed by atoms with Crippen LogP contribution in [0.1, 0.15) is 34.0 Å². The molecule has 1 saturated heterocycles. The standard InChI is InChI=1S/C13H15NO5/c15-12(10-3-4-11(19-10)13(16)17)14-5-6-18-7-9(14)8-1-2-8/h3-4,8-9H,1-2,5-7H2,(H,16,17). The number of hydrogen-bond acceptors (Lipinski definition) is 4. The molecule has 1 aromatic rings. The van der Waals surface area contributed by atoms with E-state index in [2.05, 4.69) is 0 Å². The second-order valence-corrected chi connectivity index (χ2v) is 4.95. The van der Waals surface area contributed by atoms with Gasteiger partial charge in [0.25, 0.3) is 5.91 Å². The second kappa shape index (κ2) is 4.70. The zero-order valence-electron chi connectivity index (χ0n) is 10.4. The van der Waals surface area contributed by atoms with Crippen molar-refractivity contribution in [3.63, 3.8) is 0 Å². The third kappa shape index (κ3) is 2.35. The number of carbonyl (C=O) groups excluding carboxylic acids is 1. The number of rotatable bonds is 3. The van der Waals surface area contributed by atoms with E-state index in [1.54, 1.807) is 4.90 Å². The quantitative estimate of drug-likeness (QED) is 0.889. The predicted molar refractivity (Wildman–Crippen MR) is 64.0 cm³/mol. The minimum absolute atomic E-state index is 0.0879. The van der Waals surface area contributed by atoms with Crippen LogP contribution in [0.2, 0.25) is 0 Å². The number of carbonyl (C=O) groups is 2. The molecule has 1 amide bonds. The lowest BCUT2D eigenvalue weighted by atomic mass is 10.1. The summed E-state index contributed by atoms with van der Waals surface area (Å²) >= 11 is 0. The maximum atomic E-state index is 12.4. The van der Waals surface area contributed by atoms with E-state index < -0.39 is 5.97 Å². The van der Waals surface area contributed by atoms with Gasteiger partial charge in [0.15, 0.2) is 5.76 Å². The van der Waals surface area contributed by atoms with E-state index in [0.717, 1.165) is 12.8 Å². The van der Waals surface area contributed by atoms with E-state index in [9.17, 15) is 9.59 Å². The summed E-state index contributed by atoms with van der Waals surface area (Å²) in [4.78, 5) is 24.9. The number of hydrogen-bond donors (Lipinski definition) is 1. The van der Waals surface area contributed by atoms with Crippen LogP contribution in [0.5, 0.6) is 0 Å². The Kier molecular flexibility index (Phi) is 3.02. The molecule has 3 rings (SSSR count). The Morgan fingerprint density at radius 3 is 2.63 bits per heavy atom. The first kappa shape index (κ1) is 12.2. The fraction of sp³-hybridized carbons (Fsp3) is 0.538. The highest BCUT2D eigenvalue weighted by Crippen LogP contribution is 2.37.